The first-order chi connectivity index (χ1) is 5.57. The predicted molar refractivity (Wildman–Crippen MR) is 42.0 cm³/mol. The largest absolute Gasteiger partial charge is 0.368 e. The van der Waals surface area contributed by atoms with Gasteiger partial charge in [0.25, 0.3) is 0 Å². The minimum absolute atomic E-state index is 0.316. The minimum Gasteiger partial charge on any atom is -0.368 e. The van der Waals surface area contributed by atoms with Gasteiger partial charge in [0.15, 0.2) is 6.61 Å². The van der Waals surface area contributed by atoms with E-state index in [0.717, 1.165) is 0 Å². The SMILES string of the molecule is CCN(C)C(=O)NOCC(N)=O. The number of nitrogens with two attached hydrogens (primary N) is 1. The van der Waals surface area contributed by atoms with E-state index in [4.69, 9.17) is 5.73 Å². The molecule has 0 unspecified atom stereocenters. The van der Waals surface area contributed by atoms with E-state index in [1.165, 1.54) is 4.90 Å². The zero-order valence-corrected chi connectivity index (χ0v) is 7.16. The zero-order valence-electron chi connectivity index (χ0n) is 7.16. The van der Waals surface area contributed by atoms with Crippen molar-refractivity contribution in [1.82, 2.24) is 10.4 Å². The van der Waals surface area contributed by atoms with Gasteiger partial charge in [0.2, 0.25) is 5.91 Å². The summed E-state index contributed by atoms with van der Waals surface area (Å²) in [4.78, 5) is 26.9. The summed E-state index contributed by atoms with van der Waals surface area (Å²) in [5.74, 6) is -0.630. The number of nitrogens with one attached hydrogen (secondary N) is 1. The highest BCUT2D eigenvalue weighted by molar-refractivity contribution is 5.76. The van der Waals surface area contributed by atoms with Crippen LogP contribution in [0.5, 0.6) is 0 Å². The Morgan fingerprint density at radius 2 is 2.17 bits per heavy atom. The van der Waals surface area contributed by atoms with Gasteiger partial charge in [-0.25, -0.2) is 10.3 Å². The van der Waals surface area contributed by atoms with Gasteiger partial charge in [-0.05, 0) is 6.92 Å². The predicted octanol–water partition coefficient (Wildman–Crippen LogP) is -0.935. The van der Waals surface area contributed by atoms with Crippen LogP contribution in [0.4, 0.5) is 4.79 Å². The summed E-state index contributed by atoms with van der Waals surface area (Å²) in [6, 6.07) is -0.404. The quantitative estimate of drug-likeness (QED) is 0.541. The second kappa shape index (κ2) is 5.36. The third kappa shape index (κ3) is 4.51. The van der Waals surface area contributed by atoms with Crippen molar-refractivity contribution >= 4 is 11.9 Å². The average Bonchev–Trinajstić information content (AvgIpc) is 2.02. The summed E-state index contributed by atoms with van der Waals surface area (Å²) < 4.78 is 0. The molecule has 3 N–H and O–H groups in total. The molecule has 0 saturated heterocycles. The van der Waals surface area contributed by atoms with Gasteiger partial charge in [-0.2, -0.15) is 0 Å². The molecule has 0 saturated carbocycles. The summed E-state index contributed by atoms with van der Waals surface area (Å²) in [6.45, 7) is 2.06. The Morgan fingerprint density at radius 1 is 1.58 bits per heavy atom. The lowest BCUT2D eigenvalue weighted by Gasteiger charge is -2.14. The minimum atomic E-state index is -0.630. The molecule has 0 rings (SSSR count). The maximum Gasteiger partial charge on any atom is 0.341 e. The van der Waals surface area contributed by atoms with E-state index >= 15 is 0 Å². The van der Waals surface area contributed by atoms with E-state index in [-0.39, 0.29) is 6.61 Å². The number of carbonyl (C=O) groups excluding carboxylic acids is 2. The van der Waals surface area contributed by atoms with Crippen molar-refractivity contribution in [2.24, 2.45) is 5.73 Å². The Morgan fingerprint density at radius 3 is 2.58 bits per heavy atom. The Balaban J connectivity index is 3.50. The van der Waals surface area contributed by atoms with Crippen molar-refractivity contribution in [3.63, 3.8) is 0 Å². The number of nitrogens with zero attached hydrogens (tertiary/aromatic N) is 1. The molecular weight excluding hydrogens is 162 g/mol. The second-order valence-corrected chi connectivity index (χ2v) is 2.18. The van der Waals surface area contributed by atoms with Crippen LogP contribution in [0.1, 0.15) is 6.92 Å². The molecule has 6 nitrogen and oxygen atoms in total. The molecule has 0 radical (unpaired) electrons. The van der Waals surface area contributed by atoms with Crippen LogP contribution in [0.3, 0.4) is 0 Å². The first-order valence-electron chi connectivity index (χ1n) is 3.49. The van der Waals surface area contributed by atoms with Gasteiger partial charge in [0, 0.05) is 13.6 Å². The van der Waals surface area contributed by atoms with Crippen molar-refractivity contribution in [2.45, 2.75) is 6.92 Å². The number of hydroxylamine groups is 1. The molecule has 0 aromatic carbocycles. The summed E-state index contributed by atoms with van der Waals surface area (Å²) in [5.41, 5.74) is 6.81. The molecule has 0 heterocycles. The number of primary amides is 1. The molecule has 0 atom stereocenters. The maximum atomic E-state index is 10.9. The summed E-state index contributed by atoms with van der Waals surface area (Å²) in [7, 11) is 1.60. The lowest BCUT2D eigenvalue weighted by atomic mass is 10.6. The molecule has 0 aromatic rings. The standard InChI is InChI=1S/C6H13N3O3/c1-3-9(2)6(11)8-12-4-5(7)10/h3-4H2,1-2H3,(H2,7,10)(H,8,11). The van der Waals surface area contributed by atoms with E-state index in [1.54, 1.807) is 7.05 Å². The van der Waals surface area contributed by atoms with E-state index < -0.39 is 11.9 Å². The number of amides is 3. The maximum absolute atomic E-state index is 10.9. The smallest absolute Gasteiger partial charge is 0.341 e. The van der Waals surface area contributed by atoms with Crippen molar-refractivity contribution < 1.29 is 14.4 Å². The molecule has 0 aliphatic heterocycles. The fraction of sp³-hybridized carbons (Fsp3) is 0.667. The monoisotopic (exact) mass is 175 g/mol. The Labute approximate surface area is 70.6 Å². The molecule has 0 spiro atoms. The third-order valence-corrected chi connectivity index (χ3v) is 1.19. The normalized spacial score (nSPS) is 9.17. The van der Waals surface area contributed by atoms with Crippen LogP contribution in [-0.4, -0.2) is 37.0 Å². The Kier molecular flexibility index (Phi) is 4.78. The van der Waals surface area contributed by atoms with E-state index in [0.29, 0.717) is 6.54 Å². The average molecular weight is 175 g/mol. The first kappa shape index (κ1) is 10.7. The number of carbonyl (C=O) groups is 2. The van der Waals surface area contributed by atoms with Crippen LogP contribution in [-0.2, 0) is 9.63 Å². The first-order valence-corrected chi connectivity index (χ1v) is 3.49. The molecule has 0 aliphatic rings. The number of hydrogen-bond donors (Lipinski definition) is 2. The Hall–Kier alpha value is -1.30. The number of urea groups is 1. The molecule has 0 aromatic heterocycles. The van der Waals surface area contributed by atoms with Crippen LogP contribution >= 0.6 is 0 Å². The summed E-state index contributed by atoms with van der Waals surface area (Å²) in [6.07, 6.45) is 0. The van der Waals surface area contributed by atoms with Crippen LogP contribution in [0.25, 0.3) is 0 Å². The molecule has 0 fully saturated rings. The number of hydrogen-bond acceptors (Lipinski definition) is 3. The lowest BCUT2D eigenvalue weighted by molar-refractivity contribution is -0.124. The molecule has 0 aliphatic carbocycles. The summed E-state index contributed by atoms with van der Waals surface area (Å²) >= 11 is 0. The van der Waals surface area contributed by atoms with Gasteiger partial charge in [-0.15, -0.1) is 0 Å². The van der Waals surface area contributed by atoms with Gasteiger partial charge in [-0.1, -0.05) is 0 Å². The van der Waals surface area contributed by atoms with Gasteiger partial charge >= 0.3 is 6.03 Å². The highest BCUT2D eigenvalue weighted by Crippen LogP contribution is 1.81. The fourth-order valence-electron chi connectivity index (χ4n) is 0.390. The topological polar surface area (TPSA) is 84.7 Å². The second-order valence-electron chi connectivity index (χ2n) is 2.18. The summed E-state index contributed by atoms with van der Waals surface area (Å²) in [5, 5.41) is 0. The fourth-order valence-corrected chi connectivity index (χ4v) is 0.390. The highest BCUT2D eigenvalue weighted by atomic mass is 16.7. The highest BCUT2D eigenvalue weighted by Gasteiger charge is 2.05. The lowest BCUT2D eigenvalue weighted by Crippen LogP contribution is -2.38. The van der Waals surface area contributed by atoms with Crippen molar-refractivity contribution in [2.75, 3.05) is 20.2 Å². The molecule has 0 bridgehead atoms. The van der Waals surface area contributed by atoms with Crippen molar-refractivity contribution in [3.05, 3.63) is 0 Å². The van der Waals surface area contributed by atoms with Crippen molar-refractivity contribution in [1.29, 1.82) is 0 Å². The molecule has 70 valence electrons. The van der Waals surface area contributed by atoms with Gasteiger partial charge in [-0.3, -0.25) is 9.63 Å². The molecular formula is C6H13N3O3. The van der Waals surface area contributed by atoms with Crippen LogP contribution < -0.4 is 11.2 Å². The van der Waals surface area contributed by atoms with E-state index in [1.807, 2.05) is 6.92 Å². The van der Waals surface area contributed by atoms with Gasteiger partial charge < -0.3 is 10.6 Å². The number of rotatable bonds is 4. The molecule has 6 heteroatoms. The van der Waals surface area contributed by atoms with Crippen LogP contribution in [0.2, 0.25) is 0 Å². The third-order valence-electron chi connectivity index (χ3n) is 1.19. The van der Waals surface area contributed by atoms with Crippen molar-refractivity contribution in [3.8, 4) is 0 Å². The van der Waals surface area contributed by atoms with Crippen LogP contribution in [0, 0.1) is 0 Å². The van der Waals surface area contributed by atoms with E-state index in [9.17, 15) is 9.59 Å². The van der Waals surface area contributed by atoms with Crippen LogP contribution in [0.15, 0.2) is 0 Å². The molecule has 12 heavy (non-hydrogen) atoms. The zero-order chi connectivity index (χ0) is 9.56. The molecule has 3 amide bonds. The Bertz CT molecular complexity index is 171. The van der Waals surface area contributed by atoms with E-state index in [2.05, 4.69) is 10.3 Å². The van der Waals surface area contributed by atoms with Gasteiger partial charge in [0.1, 0.15) is 0 Å². The van der Waals surface area contributed by atoms with Gasteiger partial charge in [0.05, 0.1) is 0 Å².